The SMILES string of the molecule is FC(F)(F)c1ccc2c(c1)C1NCCC1C(c1ccccc1)N2. The summed E-state index contributed by atoms with van der Waals surface area (Å²) in [6, 6.07) is 14.2. The quantitative estimate of drug-likeness (QED) is 0.807. The second-order valence-corrected chi connectivity index (χ2v) is 6.22. The van der Waals surface area contributed by atoms with Crippen LogP contribution in [0, 0.1) is 5.92 Å². The summed E-state index contributed by atoms with van der Waals surface area (Å²) in [5.41, 5.74) is 2.12. The summed E-state index contributed by atoms with van der Waals surface area (Å²) in [4.78, 5) is 0. The third-order valence-corrected chi connectivity index (χ3v) is 4.88. The number of anilines is 1. The van der Waals surface area contributed by atoms with Crippen molar-refractivity contribution in [1.82, 2.24) is 5.32 Å². The van der Waals surface area contributed by atoms with Crippen molar-refractivity contribution in [3.63, 3.8) is 0 Å². The van der Waals surface area contributed by atoms with Crippen molar-refractivity contribution in [2.45, 2.75) is 24.7 Å². The third kappa shape index (κ3) is 2.49. The summed E-state index contributed by atoms with van der Waals surface area (Å²) >= 11 is 0. The maximum atomic E-state index is 13.0. The highest BCUT2D eigenvalue weighted by Gasteiger charge is 2.41. The summed E-state index contributed by atoms with van der Waals surface area (Å²) < 4.78 is 39.0. The molecule has 23 heavy (non-hydrogen) atoms. The predicted octanol–water partition coefficient (Wildman–Crippen LogP) is 4.52. The molecule has 0 saturated carbocycles. The molecule has 0 bridgehead atoms. The highest BCUT2D eigenvalue weighted by Crippen LogP contribution is 2.48. The van der Waals surface area contributed by atoms with E-state index in [4.69, 9.17) is 0 Å². The van der Waals surface area contributed by atoms with Crippen LogP contribution in [0.25, 0.3) is 0 Å². The van der Waals surface area contributed by atoms with Gasteiger partial charge in [-0.1, -0.05) is 30.3 Å². The fourth-order valence-electron chi connectivity index (χ4n) is 3.82. The first-order chi connectivity index (χ1) is 11.0. The average Bonchev–Trinajstić information content (AvgIpc) is 3.03. The lowest BCUT2D eigenvalue weighted by Crippen LogP contribution is -2.32. The smallest absolute Gasteiger partial charge is 0.378 e. The summed E-state index contributed by atoms with van der Waals surface area (Å²) in [5, 5.41) is 6.84. The van der Waals surface area contributed by atoms with Gasteiger partial charge in [0.25, 0.3) is 0 Å². The first-order valence-electron chi connectivity index (χ1n) is 7.80. The lowest BCUT2D eigenvalue weighted by Gasteiger charge is -2.37. The topological polar surface area (TPSA) is 24.1 Å². The number of alkyl halides is 3. The molecule has 0 radical (unpaired) electrons. The molecule has 1 fully saturated rings. The van der Waals surface area contributed by atoms with Crippen LogP contribution in [-0.2, 0) is 6.18 Å². The molecule has 2 aromatic carbocycles. The molecule has 3 unspecified atom stereocenters. The maximum Gasteiger partial charge on any atom is 0.416 e. The zero-order valence-electron chi connectivity index (χ0n) is 12.4. The van der Waals surface area contributed by atoms with E-state index in [9.17, 15) is 13.2 Å². The number of hydrogen-bond donors (Lipinski definition) is 2. The van der Waals surface area contributed by atoms with E-state index >= 15 is 0 Å². The summed E-state index contributed by atoms with van der Waals surface area (Å²) in [7, 11) is 0. The molecule has 0 aliphatic carbocycles. The molecule has 0 amide bonds. The fourth-order valence-corrected chi connectivity index (χ4v) is 3.82. The van der Waals surface area contributed by atoms with Crippen LogP contribution in [0.3, 0.4) is 0 Å². The fraction of sp³-hybridized carbons (Fsp3) is 0.333. The van der Waals surface area contributed by atoms with Crippen molar-refractivity contribution in [3.05, 3.63) is 65.2 Å². The summed E-state index contributed by atoms with van der Waals surface area (Å²) in [6.45, 7) is 0.829. The Hall–Kier alpha value is -2.01. The van der Waals surface area contributed by atoms with Crippen LogP contribution in [0.4, 0.5) is 18.9 Å². The van der Waals surface area contributed by atoms with Gasteiger partial charge in [0.2, 0.25) is 0 Å². The molecular weight excluding hydrogens is 301 g/mol. The van der Waals surface area contributed by atoms with E-state index in [1.165, 1.54) is 11.6 Å². The van der Waals surface area contributed by atoms with Crippen LogP contribution in [-0.4, -0.2) is 6.54 Å². The average molecular weight is 318 g/mol. The van der Waals surface area contributed by atoms with E-state index in [-0.39, 0.29) is 18.0 Å². The Morgan fingerprint density at radius 2 is 1.74 bits per heavy atom. The highest BCUT2D eigenvalue weighted by molar-refractivity contribution is 5.59. The van der Waals surface area contributed by atoms with Crippen molar-refractivity contribution in [3.8, 4) is 0 Å². The van der Waals surface area contributed by atoms with Crippen molar-refractivity contribution in [2.75, 3.05) is 11.9 Å². The molecule has 2 nitrogen and oxygen atoms in total. The van der Waals surface area contributed by atoms with Crippen molar-refractivity contribution in [1.29, 1.82) is 0 Å². The molecule has 2 N–H and O–H groups in total. The molecule has 0 spiro atoms. The zero-order valence-corrected chi connectivity index (χ0v) is 12.4. The highest BCUT2D eigenvalue weighted by atomic mass is 19.4. The van der Waals surface area contributed by atoms with Gasteiger partial charge in [0.15, 0.2) is 0 Å². The number of halogens is 3. The van der Waals surface area contributed by atoms with Crippen LogP contribution in [0.2, 0.25) is 0 Å². The Bertz CT molecular complexity index is 712. The van der Waals surface area contributed by atoms with Crippen molar-refractivity contribution < 1.29 is 13.2 Å². The minimum atomic E-state index is -4.31. The first-order valence-corrected chi connectivity index (χ1v) is 7.80. The van der Waals surface area contributed by atoms with Crippen LogP contribution in [0.1, 0.15) is 35.2 Å². The van der Waals surface area contributed by atoms with Gasteiger partial charge in [-0.15, -0.1) is 0 Å². The molecule has 120 valence electrons. The second kappa shape index (κ2) is 5.27. The molecular formula is C18H17F3N2. The summed E-state index contributed by atoms with van der Waals surface area (Å²) in [6.07, 6.45) is -3.35. The Labute approximate surface area is 132 Å². The van der Waals surface area contributed by atoms with Crippen LogP contribution in [0.15, 0.2) is 48.5 Å². The van der Waals surface area contributed by atoms with Crippen molar-refractivity contribution in [2.24, 2.45) is 5.92 Å². The first kappa shape index (κ1) is 14.6. The van der Waals surface area contributed by atoms with Gasteiger partial charge >= 0.3 is 6.18 Å². The molecule has 2 aliphatic heterocycles. The van der Waals surface area contributed by atoms with Gasteiger partial charge in [-0.3, -0.25) is 0 Å². The molecule has 2 aromatic rings. The van der Waals surface area contributed by atoms with Crippen molar-refractivity contribution >= 4 is 5.69 Å². The van der Waals surface area contributed by atoms with E-state index in [2.05, 4.69) is 22.8 Å². The summed E-state index contributed by atoms with van der Waals surface area (Å²) in [5.74, 6) is 0.258. The minimum absolute atomic E-state index is 0.0289. The van der Waals surface area contributed by atoms with Gasteiger partial charge in [0, 0.05) is 17.6 Å². The Morgan fingerprint density at radius 3 is 2.48 bits per heavy atom. The Morgan fingerprint density at radius 1 is 0.957 bits per heavy atom. The number of hydrogen-bond acceptors (Lipinski definition) is 2. The zero-order chi connectivity index (χ0) is 16.0. The van der Waals surface area contributed by atoms with Gasteiger partial charge in [-0.25, -0.2) is 0 Å². The number of rotatable bonds is 1. The van der Waals surface area contributed by atoms with E-state index in [1.807, 2.05) is 18.2 Å². The van der Waals surface area contributed by atoms with Gasteiger partial charge in [0.05, 0.1) is 11.6 Å². The van der Waals surface area contributed by atoms with Crippen LogP contribution >= 0.6 is 0 Å². The molecule has 3 atom stereocenters. The lowest BCUT2D eigenvalue weighted by atomic mass is 9.80. The van der Waals surface area contributed by atoms with Gasteiger partial charge in [0.1, 0.15) is 0 Å². The molecule has 2 heterocycles. The largest absolute Gasteiger partial charge is 0.416 e. The monoisotopic (exact) mass is 318 g/mol. The standard InChI is InChI=1S/C18H17F3N2/c19-18(20,21)12-6-7-15-14(10-12)17-13(8-9-22-17)16(23-15)11-4-2-1-3-5-11/h1-7,10,13,16-17,22-23H,8-9H2. The second-order valence-electron chi connectivity index (χ2n) is 6.22. The van der Waals surface area contributed by atoms with Gasteiger partial charge in [-0.05, 0) is 42.3 Å². The van der Waals surface area contributed by atoms with E-state index in [1.54, 1.807) is 6.07 Å². The van der Waals surface area contributed by atoms with E-state index < -0.39 is 11.7 Å². The molecule has 4 rings (SSSR count). The number of fused-ring (bicyclic) bond motifs is 3. The maximum absolute atomic E-state index is 13.0. The van der Waals surface area contributed by atoms with E-state index in [0.717, 1.165) is 30.3 Å². The van der Waals surface area contributed by atoms with Crippen LogP contribution < -0.4 is 10.6 Å². The van der Waals surface area contributed by atoms with E-state index in [0.29, 0.717) is 0 Å². The molecule has 0 aromatic heterocycles. The number of nitrogens with one attached hydrogen (secondary N) is 2. The third-order valence-electron chi connectivity index (χ3n) is 4.88. The molecule has 2 aliphatic rings. The normalized spacial score (nSPS) is 26.3. The van der Waals surface area contributed by atoms with Crippen LogP contribution in [0.5, 0.6) is 0 Å². The Kier molecular flexibility index (Phi) is 3.34. The van der Waals surface area contributed by atoms with Gasteiger partial charge < -0.3 is 10.6 Å². The minimum Gasteiger partial charge on any atom is -0.378 e. The molecule has 5 heteroatoms. The van der Waals surface area contributed by atoms with Gasteiger partial charge in [-0.2, -0.15) is 13.2 Å². The number of benzene rings is 2. The Balaban J connectivity index is 1.77. The predicted molar refractivity (Wildman–Crippen MR) is 83.1 cm³/mol. The molecule has 1 saturated heterocycles. The lowest BCUT2D eigenvalue weighted by molar-refractivity contribution is -0.137.